The molecule has 35 heavy (non-hydrogen) atoms. The van der Waals surface area contributed by atoms with Crippen LogP contribution in [0.1, 0.15) is 29.5 Å². The van der Waals surface area contributed by atoms with Gasteiger partial charge in [0, 0.05) is 54.9 Å². The highest BCUT2D eigenvalue weighted by molar-refractivity contribution is 7.88. The lowest BCUT2D eigenvalue weighted by atomic mass is 9.98. The number of morpholine rings is 1. The quantitative estimate of drug-likeness (QED) is 0.553. The monoisotopic (exact) mass is 539 g/mol. The molecule has 2 aromatic carbocycles. The first-order valence-corrected chi connectivity index (χ1v) is 14.2. The van der Waals surface area contributed by atoms with Crippen molar-refractivity contribution in [2.75, 3.05) is 39.4 Å². The van der Waals surface area contributed by atoms with E-state index in [1.165, 1.54) is 9.87 Å². The van der Waals surface area contributed by atoms with Crippen molar-refractivity contribution in [1.29, 1.82) is 0 Å². The molecule has 1 N–H and O–H groups in total. The van der Waals surface area contributed by atoms with Gasteiger partial charge in [0.1, 0.15) is 0 Å². The molecule has 190 valence electrons. The number of nitrogens with one attached hydrogen (secondary N) is 1. The van der Waals surface area contributed by atoms with Gasteiger partial charge in [0.05, 0.1) is 24.9 Å². The standard InChI is InChI=1S/C25H31Cl2N3O4S/c26-23-4-1-5-24(27)22(23)18-35(32,33)30-10-2-3-21(17-30)25(31)28-15-19-6-8-20(9-7-19)16-29-11-13-34-14-12-29/h1,4-9,21H,2-3,10-18H2,(H,28,31). The van der Waals surface area contributed by atoms with Gasteiger partial charge in [-0.05, 0) is 36.1 Å². The average molecular weight is 541 g/mol. The molecule has 0 spiro atoms. The molecular formula is C25H31Cl2N3O4S. The lowest BCUT2D eigenvalue weighted by Gasteiger charge is -2.31. The fraction of sp³-hybridized carbons (Fsp3) is 0.480. The third-order valence-corrected chi connectivity index (χ3v) is 9.02. The molecule has 0 aliphatic carbocycles. The molecule has 10 heteroatoms. The van der Waals surface area contributed by atoms with E-state index in [1.54, 1.807) is 18.2 Å². The Kier molecular flexibility index (Phi) is 9.07. The third-order valence-electron chi connectivity index (χ3n) is 6.54. The van der Waals surface area contributed by atoms with Crippen molar-refractivity contribution in [3.63, 3.8) is 0 Å². The molecule has 0 saturated carbocycles. The van der Waals surface area contributed by atoms with Crippen LogP contribution >= 0.6 is 23.2 Å². The number of halogens is 2. The van der Waals surface area contributed by atoms with Crippen LogP contribution in [0.5, 0.6) is 0 Å². The van der Waals surface area contributed by atoms with Gasteiger partial charge in [0.15, 0.2) is 0 Å². The third kappa shape index (κ3) is 7.18. The largest absolute Gasteiger partial charge is 0.379 e. The van der Waals surface area contributed by atoms with E-state index in [-0.39, 0.29) is 24.1 Å². The fourth-order valence-corrected chi connectivity index (χ4v) is 6.83. The Bertz CT molecular complexity index is 1100. The summed E-state index contributed by atoms with van der Waals surface area (Å²) in [6.45, 7) is 5.29. The maximum atomic E-state index is 13.0. The zero-order valence-electron chi connectivity index (χ0n) is 19.6. The summed E-state index contributed by atoms with van der Waals surface area (Å²) in [6, 6.07) is 13.2. The predicted octanol–water partition coefficient (Wildman–Crippen LogP) is 3.68. The predicted molar refractivity (Wildman–Crippen MR) is 138 cm³/mol. The highest BCUT2D eigenvalue weighted by atomic mass is 35.5. The second kappa shape index (κ2) is 12.0. The summed E-state index contributed by atoms with van der Waals surface area (Å²) in [4.78, 5) is 15.2. The first kappa shape index (κ1) is 26.4. The SMILES string of the molecule is O=C(NCc1ccc(CN2CCOCC2)cc1)C1CCCN(S(=O)(=O)Cc2c(Cl)cccc2Cl)C1. The smallest absolute Gasteiger partial charge is 0.224 e. The normalized spacial score (nSPS) is 20.0. The summed E-state index contributed by atoms with van der Waals surface area (Å²) >= 11 is 12.3. The van der Waals surface area contributed by atoms with Crippen molar-refractivity contribution in [2.24, 2.45) is 5.92 Å². The van der Waals surface area contributed by atoms with Crippen molar-refractivity contribution in [3.05, 3.63) is 69.2 Å². The Balaban J connectivity index is 1.29. The van der Waals surface area contributed by atoms with Gasteiger partial charge in [0.25, 0.3) is 0 Å². The summed E-state index contributed by atoms with van der Waals surface area (Å²) in [5, 5.41) is 3.62. The molecule has 2 aliphatic rings. The van der Waals surface area contributed by atoms with Crippen LogP contribution in [-0.2, 0) is 38.4 Å². The van der Waals surface area contributed by atoms with E-state index in [2.05, 4.69) is 22.3 Å². The number of benzene rings is 2. The van der Waals surface area contributed by atoms with Crippen LogP contribution in [-0.4, -0.2) is 62.9 Å². The molecule has 2 aliphatic heterocycles. The molecule has 2 saturated heterocycles. The first-order valence-electron chi connectivity index (χ1n) is 11.9. The maximum absolute atomic E-state index is 13.0. The van der Waals surface area contributed by atoms with Crippen LogP contribution in [0.4, 0.5) is 0 Å². The van der Waals surface area contributed by atoms with Gasteiger partial charge in [-0.15, -0.1) is 0 Å². The summed E-state index contributed by atoms with van der Waals surface area (Å²) in [7, 11) is -3.66. The highest BCUT2D eigenvalue weighted by Crippen LogP contribution is 2.29. The minimum absolute atomic E-state index is 0.127. The maximum Gasteiger partial charge on any atom is 0.224 e. The summed E-state index contributed by atoms with van der Waals surface area (Å²) in [5.41, 5.74) is 2.63. The molecule has 2 heterocycles. The molecule has 0 bridgehead atoms. The molecular weight excluding hydrogens is 509 g/mol. The van der Waals surface area contributed by atoms with Gasteiger partial charge in [0.2, 0.25) is 15.9 Å². The zero-order chi connectivity index (χ0) is 24.8. The van der Waals surface area contributed by atoms with Crippen LogP contribution < -0.4 is 5.32 Å². The Morgan fingerprint density at radius 2 is 1.66 bits per heavy atom. The molecule has 1 atom stereocenters. The van der Waals surface area contributed by atoms with Crippen molar-refractivity contribution < 1.29 is 17.9 Å². The van der Waals surface area contributed by atoms with E-state index in [9.17, 15) is 13.2 Å². The van der Waals surface area contributed by atoms with Gasteiger partial charge in [-0.3, -0.25) is 9.69 Å². The molecule has 0 radical (unpaired) electrons. The number of piperidine rings is 1. The molecule has 0 aromatic heterocycles. The minimum Gasteiger partial charge on any atom is -0.379 e. The number of sulfonamides is 1. The number of amides is 1. The number of hydrogen-bond donors (Lipinski definition) is 1. The van der Waals surface area contributed by atoms with Crippen LogP contribution in [0.2, 0.25) is 10.0 Å². The van der Waals surface area contributed by atoms with Crippen molar-refractivity contribution >= 4 is 39.1 Å². The topological polar surface area (TPSA) is 79.0 Å². The van der Waals surface area contributed by atoms with E-state index >= 15 is 0 Å². The lowest BCUT2D eigenvalue weighted by Crippen LogP contribution is -2.45. The molecule has 1 amide bonds. The van der Waals surface area contributed by atoms with Crippen LogP contribution in [0.15, 0.2) is 42.5 Å². The zero-order valence-corrected chi connectivity index (χ0v) is 21.9. The Hall–Kier alpha value is -1.68. The van der Waals surface area contributed by atoms with Crippen molar-refractivity contribution in [3.8, 4) is 0 Å². The first-order chi connectivity index (χ1) is 16.8. The Morgan fingerprint density at radius 1 is 1.00 bits per heavy atom. The second-order valence-electron chi connectivity index (χ2n) is 9.08. The summed E-state index contributed by atoms with van der Waals surface area (Å²) in [5.74, 6) is -0.796. The number of nitrogens with zero attached hydrogens (tertiary/aromatic N) is 2. The highest BCUT2D eigenvalue weighted by Gasteiger charge is 2.33. The molecule has 4 rings (SSSR count). The molecule has 2 fully saturated rings. The Labute approximate surface area is 217 Å². The lowest BCUT2D eigenvalue weighted by molar-refractivity contribution is -0.126. The van der Waals surface area contributed by atoms with Crippen LogP contribution in [0.25, 0.3) is 0 Å². The Morgan fingerprint density at radius 3 is 2.34 bits per heavy atom. The van der Waals surface area contributed by atoms with Gasteiger partial charge in [-0.25, -0.2) is 12.7 Å². The van der Waals surface area contributed by atoms with E-state index in [0.717, 1.165) is 38.4 Å². The second-order valence-corrected chi connectivity index (χ2v) is 11.9. The van der Waals surface area contributed by atoms with Gasteiger partial charge >= 0.3 is 0 Å². The van der Waals surface area contributed by atoms with Gasteiger partial charge < -0.3 is 10.1 Å². The van der Waals surface area contributed by atoms with Crippen molar-refractivity contribution in [2.45, 2.75) is 31.7 Å². The number of hydrogen-bond acceptors (Lipinski definition) is 5. The van der Waals surface area contributed by atoms with Crippen molar-refractivity contribution in [1.82, 2.24) is 14.5 Å². The van der Waals surface area contributed by atoms with E-state index in [0.29, 0.717) is 41.5 Å². The number of carbonyl (C=O) groups is 1. The minimum atomic E-state index is -3.66. The summed E-state index contributed by atoms with van der Waals surface area (Å²) in [6.07, 6.45) is 1.28. The van der Waals surface area contributed by atoms with Gasteiger partial charge in [-0.1, -0.05) is 53.5 Å². The molecule has 1 unspecified atom stereocenters. The van der Waals surface area contributed by atoms with E-state index < -0.39 is 10.0 Å². The number of ether oxygens (including phenoxy) is 1. The van der Waals surface area contributed by atoms with E-state index in [4.69, 9.17) is 27.9 Å². The average Bonchev–Trinajstić information content (AvgIpc) is 2.86. The molecule has 7 nitrogen and oxygen atoms in total. The number of carbonyl (C=O) groups excluding carboxylic acids is 1. The van der Waals surface area contributed by atoms with Crippen LogP contribution in [0.3, 0.4) is 0 Å². The van der Waals surface area contributed by atoms with Gasteiger partial charge in [-0.2, -0.15) is 0 Å². The van der Waals surface area contributed by atoms with E-state index in [1.807, 2.05) is 12.1 Å². The fourth-order valence-electron chi connectivity index (χ4n) is 4.47. The molecule has 2 aromatic rings. The number of rotatable bonds is 8. The summed E-state index contributed by atoms with van der Waals surface area (Å²) < 4.78 is 32.9. The van der Waals surface area contributed by atoms with Crippen LogP contribution in [0, 0.1) is 5.92 Å².